The zero-order valence-electron chi connectivity index (χ0n) is 11.7. The van der Waals surface area contributed by atoms with Crippen LogP contribution >= 0.6 is 22.9 Å². The molecule has 0 spiro atoms. The molecule has 2 aromatic rings. The summed E-state index contributed by atoms with van der Waals surface area (Å²) in [6, 6.07) is 5.31. The summed E-state index contributed by atoms with van der Waals surface area (Å²) in [5.74, 6) is -2.69. The second-order valence-corrected chi connectivity index (χ2v) is 6.90. The highest BCUT2D eigenvalue weighted by Crippen LogP contribution is 2.32. The quantitative estimate of drug-likeness (QED) is 0.932. The van der Waals surface area contributed by atoms with E-state index in [4.69, 9.17) is 11.6 Å². The van der Waals surface area contributed by atoms with Crippen LogP contribution in [0.3, 0.4) is 0 Å². The minimum absolute atomic E-state index is 0.293. The molecule has 1 aliphatic carbocycles. The molecule has 1 N–H and O–H groups in total. The molecule has 0 radical (unpaired) electrons. The van der Waals surface area contributed by atoms with E-state index in [2.05, 4.69) is 10.3 Å². The minimum Gasteiger partial charge on any atom is -0.550 e. The van der Waals surface area contributed by atoms with Crippen LogP contribution in [0, 0.1) is 11.8 Å². The van der Waals surface area contributed by atoms with E-state index in [1.807, 2.05) is 0 Å². The average Bonchev–Trinajstić information content (AvgIpc) is 2.88. The van der Waals surface area contributed by atoms with Crippen molar-refractivity contribution in [3.63, 3.8) is 0 Å². The van der Waals surface area contributed by atoms with Crippen molar-refractivity contribution in [2.75, 3.05) is 5.32 Å². The van der Waals surface area contributed by atoms with Gasteiger partial charge in [0.2, 0.25) is 5.91 Å². The number of carbonyl (C=O) groups excluding carboxylic acids is 2. The largest absolute Gasteiger partial charge is 0.550 e. The topological polar surface area (TPSA) is 82.1 Å². The summed E-state index contributed by atoms with van der Waals surface area (Å²) in [5.41, 5.74) is 0.754. The number of anilines is 1. The number of thiazole rings is 1. The SMILES string of the molecule is O=C([O-])C1CCCCC1C(=O)Nc1nc2ccc(Cl)cc2s1. The number of benzene rings is 1. The first-order valence-electron chi connectivity index (χ1n) is 7.12. The fourth-order valence-electron chi connectivity index (χ4n) is 2.88. The first-order chi connectivity index (χ1) is 10.5. The molecule has 7 heteroatoms. The molecular weight excluding hydrogens is 324 g/mol. The Morgan fingerprint density at radius 1 is 1.27 bits per heavy atom. The predicted molar refractivity (Wildman–Crippen MR) is 83.7 cm³/mol. The maximum absolute atomic E-state index is 12.4. The second-order valence-electron chi connectivity index (χ2n) is 5.44. The summed E-state index contributed by atoms with van der Waals surface area (Å²) in [4.78, 5) is 27.9. The molecule has 1 aromatic heterocycles. The van der Waals surface area contributed by atoms with Crippen LogP contribution in [-0.4, -0.2) is 16.9 Å². The van der Waals surface area contributed by atoms with Crippen LogP contribution in [0.4, 0.5) is 5.13 Å². The number of nitrogens with one attached hydrogen (secondary N) is 1. The smallest absolute Gasteiger partial charge is 0.229 e. The van der Waals surface area contributed by atoms with Gasteiger partial charge in [-0.25, -0.2) is 4.98 Å². The lowest BCUT2D eigenvalue weighted by Gasteiger charge is -2.30. The summed E-state index contributed by atoms with van der Waals surface area (Å²) in [7, 11) is 0. The molecular formula is C15H14ClN2O3S-. The third-order valence-electron chi connectivity index (χ3n) is 3.99. The molecule has 1 fully saturated rings. The van der Waals surface area contributed by atoms with E-state index in [-0.39, 0.29) is 5.91 Å². The first kappa shape index (κ1) is 15.2. The van der Waals surface area contributed by atoms with Gasteiger partial charge in [-0.3, -0.25) is 4.79 Å². The van der Waals surface area contributed by atoms with Gasteiger partial charge < -0.3 is 15.2 Å². The number of halogens is 1. The molecule has 1 heterocycles. The molecule has 22 heavy (non-hydrogen) atoms. The third kappa shape index (κ3) is 3.08. The predicted octanol–water partition coefficient (Wildman–Crippen LogP) is 2.44. The van der Waals surface area contributed by atoms with Gasteiger partial charge in [-0.05, 0) is 31.0 Å². The molecule has 1 aliphatic rings. The van der Waals surface area contributed by atoms with Crippen molar-refractivity contribution in [3.8, 4) is 0 Å². The maximum atomic E-state index is 12.4. The first-order valence-corrected chi connectivity index (χ1v) is 8.32. The number of fused-ring (bicyclic) bond motifs is 1. The van der Waals surface area contributed by atoms with Gasteiger partial charge in [0.1, 0.15) is 0 Å². The van der Waals surface area contributed by atoms with Crippen LogP contribution in [0.1, 0.15) is 25.7 Å². The summed E-state index contributed by atoms with van der Waals surface area (Å²) in [6.07, 6.45) is 2.75. The van der Waals surface area contributed by atoms with Crippen LogP contribution in [0.5, 0.6) is 0 Å². The fraction of sp³-hybridized carbons (Fsp3) is 0.400. The van der Waals surface area contributed by atoms with Gasteiger partial charge in [-0.15, -0.1) is 0 Å². The van der Waals surface area contributed by atoms with Gasteiger partial charge >= 0.3 is 0 Å². The molecule has 116 valence electrons. The summed E-state index contributed by atoms with van der Waals surface area (Å²) < 4.78 is 0.878. The molecule has 3 rings (SSSR count). The zero-order valence-corrected chi connectivity index (χ0v) is 13.2. The Labute approximate surface area is 136 Å². The number of aromatic nitrogens is 1. The summed E-state index contributed by atoms with van der Waals surface area (Å²) in [6.45, 7) is 0. The molecule has 5 nitrogen and oxygen atoms in total. The number of carboxylic acid groups (broad SMARTS) is 1. The van der Waals surface area contributed by atoms with Crippen molar-refractivity contribution in [1.82, 2.24) is 4.98 Å². The highest BCUT2D eigenvalue weighted by Gasteiger charge is 2.32. The van der Waals surface area contributed by atoms with Crippen LogP contribution in [0.15, 0.2) is 18.2 Å². The monoisotopic (exact) mass is 337 g/mol. The molecule has 0 saturated heterocycles. The number of carbonyl (C=O) groups is 2. The maximum Gasteiger partial charge on any atom is 0.229 e. The summed E-state index contributed by atoms with van der Waals surface area (Å²) in [5, 5.41) is 15.0. The van der Waals surface area contributed by atoms with Crippen molar-refractivity contribution in [2.24, 2.45) is 11.8 Å². The highest BCUT2D eigenvalue weighted by atomic mass is 35.5. The molecule has 2 unspecified atom stereocenters. The van der Waals surface area contributed by atoms with E-state index in [0.717, 1.165) is 23.1 Å². The second kappa shape index (κ2) is 6.22. The van der Waals surface area contributed by atoms with E-state index in [1.54, 1.807) is 18.2 Å². The third-order valence-corrected chi connectivity index (χ3v) is 5.15. The van der Waals surface area contributed by atoms with Gasteiger partial charge in [0.25, 0.3) is 0 Å². The number of hydrogen-bond donors (Lipinski definition) is 1. The van der Waals surface area contributed by atoms with Gasteiger partial charge in [0, 0.05) is 22.8 Å². The molecule has 0 aliphatic heterocycles. The van der Waals surface area contributed by atoms with Crippen LogP contribution in [0.25, 0.3) is 10.2 Å². The number of aliphatic carboxylic acids is 1. The lowest BCUT2D eigenvalue weighted by Crippen LogP contribution is -2.42. The zero-order chi connectivity index (χ0) is 15.7. The Hall–Kier alpha value is -1.66. The van der Waals surface area contributed by atoms with E-state index >= 15 is 0 Å². The Balaban J connectivity index is 1.78. The Morgan fingerprint density at radius 3 is 2.73 bits per heavy atom. The van der Waals surface area contributed by atoms with E-state index in [1.165, 1.54) is 11.3 Å². The van der Waals surface area contributed by atoms with Crippen molar-refractivity contribution >= 4 is 50.2 Å². The van der Waals surface area contributed by atoms with Gasteiger partial charge in [-0.1, -0.05) is 35.8 Å². The standard InChI is InChI=1S/C15H15ClN2O3S/c16-8-5-6-11-12(7-8)22-15(17-11)18-13(19)9-3-1-2-4-10(9)14(20)21/h5-7,9-10H,1-4H2,(H,20,21)(H,17,18,19)/p-1. The van der Waals surface area contributed by atoms with Crippen molar-refractivity contribution in [2.45, 2.75) is 25.7 Å². The molecule has 1 amide bonds. The molecule has 1 saturated carbocycles. The fourth-order valence-corrected chi connectivity index (χ4v) is 4.02. The van der Waals surface area contributed by atoms with Crippen molar-refractivity contribution < 1.29 is 14.7 Å². The van der Waals surface area contributed by atoms with Gasteiger partial charge in [0.05, 0.1) is 10.2 Å². The van der Waals surface area contributed by atoms with Crippen LogP contribution < -0.4 is 10.4 Å². The van der Waals surface area contributed by atoms with Crippen LogP contribution in [0.2, 0.25) is 5.02 Å². The number of amides is 1. The number of rotatable bonds is 3. The number of carboxylic acids is 1. The average molecular weight is 338 g/mol. The lowest BCUT2D eigenvalue weighted by atomic mass is 9.79. The lowest BCUT2D eigenvalue weighted by molar-refractivity contribution is -0.313. The van der Waals surface area contributed by atoms with Crippen molar-refractivity contribution in [1.29, 1.82) is 0 Å². The minimum atomic E-state index is -1.14. The van der Waals surface area contributed by atoms with E-state index in [9.17, 15) is 14.7 Å². The Morgan fingerprint density at radius 2 is 2.00 bits per heavy atom. The highest BCUT2D eigenvalue weighted by molar-refractivity contribution is 7.22. The molecule has 2 atom stereocenters. The van der Waals surface area contributed by atoms with E-state index < -0.39 is 17.8 Å². The molecule has 0 bridgehead atoms. The number of hydrogen-bond acceptors (Lipinski definition) is 5. The van der Waals surface area contributed by atoms with Gasteiger partial charge in [0.15, 0.2) is 5.13 Å². The Kier molecular flexibility index (Phi) is 4.31. The van der Waals surface area contributed by atoms with Crippen molar-refractivity contribution in [3.05, 3.63) is 23.2 Å². The molecule has 1 aromatic carbocycles. The van der Waals surface area contributed by atoms with E-state index in [0.29, 0.717) is 23.0 Å². The summed E-state index contributed by atoms with van der Waals surface area (Å²) >= 11 is 7.25. The Bertz CT molecular complexity index is 731. The van der Waals surface area contributed by atoms with Gasteiger partial charge in [-0.2, -0.15) is 0 Å². The van der Waals surface area contributed by atoms with Crippen LogP contribution in [-0.2, 0) is 9.59 Å². The normalized spacial score (nSPS) is 21.7. The number of nitrogens with zero attached hydrogens (tertiary/aromatic N) is 1.